The van der Waals surface area contributed by atoms with Gasteiger partial charge in [-0.3, -0.25) is 10.3 Å². The van der Waals surface area contributed by atoms with Crippen molar-refractivity contribution in [2.24, 2.45) is 5.92 Å². The number of ether oxygens (including phenoxy) is 1. The van der Waals surface area contributed by atoms with E-state index in [4.69, 9.17) is 4.74 Å². The molecule has 2 N–H and O–H groups in total. The Morgan fingerprint density at radius 3 is 2.61 bits per heavy atom. The Morgan fingerprint density at radius 1 is 1.03 bits per heavy atom. The first-order chi connectivity index (χ1) is 16.2. The van der Waals surface area contributed by atoms with Crippen LogP contribution in [0.3, 0.4) is 0 Å². The normalized spacial score (nSPS) is 15.1. The second-order valence-corrected chi connectivity index (χ2v) is 8.82. The molecule has 0 spiro atoms. The van der Waals surface area contributed by atoms with Crippen molar-refractivity contribution in [3.05, 3.63) is 72.7 Å². The van der Waals surface area contributed by atoms with Crippen molar-refractivity contribution in [2.75, 3.05) is 5.32 Å². The van der Waals surface area contributed by atoms with Crippen LogP contribution in [0.15, 0.2) is 67.1 Å². The summed E-state index contributed by atoms with van der Waals surface area (Å²) in [5, 5.41) is 6.48. The molecule has 2 heterocycles. The monoisotopic (exact) mass is 444 g/mol. The minimum absolute atomic E-state index is 0.247. The minimum Gasteiger partial charge on any atom is -0.391 e. The van der Waals surface area contributed by atoms with Gasteiger partial charge in [0.15, 0.2) is 0 Å². The van der Waals surface area contributed by atoms with Crippen molar-refractivity contribution < 1.29 is 9.53 Å². The highest BCUT2D eigenvalue weighted by Crippen LogP contribution is 2.27. The van der Waals surface area contributed by atoms with E-state index >= 15 is 0 Å². The zero-order valence-corrected chi connectivity index (χ0v) is 19.2. The predicted octanol–water partition coefficient (Wildman–Crippen LogP) is 6.20. The zero-order chi connectivity index (χ0) is 22.9. The standard InChI is InChI=1S/C27H32N4O2/c1-20(16-21-8-3-2-4-9-21)29-19-24-10-5-6-12-25(24)31-27(32)33-26-14-13-23(18-30-26)22-11-7-15-28-17-22/h5-7,10-15,17-18,20-21,29H,2-4,8-9,16,19H2,1H3,(H,31,32). The maximum atomic E-state index is 12.5. The molecule has 2 aromatic heterocycles. The van der Waals surface area contributed by atoms with Gasteiger partial charge in [-0.1, -0.05) is 56.4 Å². The molecule has 1 atom stereocenters. The van der Waals surface area contributed by atoms with Crippen molar-refractivity contribution in [2.45, 2.75) is 58.0 Å². The van der Waals surface area contributed by atoms with Crippen molar-refractivity contribution in [3.63, 3.8) is 0 Å². The van der Waals surface area contributed by atoms with Crippen LogP contribution in [-0.4, -0.2) is 22.1 Å². The number of hydrogen-bond donors (Lipinski definition) is 2. The number of nitrogens with zero attached hydrogens (tertiary/aromatic N) is 2. The lowest BCUT2D eigenvalue weighted by Gasteiger charge is -2.25. The summed E-state index contributed by atoms with van der Waals surface area (Å²) >= 11 is 0. The van der Waals surface area contributed by atoms with Crippen LogP contribution in [-0.2, 0) is 6.54 Å². The van der Waals surface area contributed by atoms with Crippen LogP contribution in [0.5, 0.6) is 5.88 Å². The van der Waals surface area contributed by atoms with Crippen LogP contribution < -0.4 is 15.4 Å². The fourth-order valence-electron chi connectivity index (χ4n) is 4.46. The molecule has 1 aliphatic rings. The Balaban J connectivity index is 1.30. The smallest absolute Gasteiger partial charge is 0.391 e. The second-order valence-electron chi connectivity index (χ2n) is 8.82. The Labute approximate surface area is 195 Å². The van der Waals surface area contributed by atoms with Gasteiger partial charge >= 0.3 is 6.09 Å². The Bertz CT molecular complexity index is 1020. The molecule has 6 heteroatoms. The number of pyridine rings is 2. The van der Waals surface area contributed by atoms with E-state index in [0.29, 0.717) is 12.6 Å². The summed E-state index contributed by atoms with van der Waals surface area (Å²) in [4.78, 5) is 20.9. The van der Waals surface area contributed by atoms with Crippen LogP contribution in [0, 0.1) is 5.92 Å². The molecule has 1 fully saturated rings. The Morgan fingerprint density at radius 2 is 1.85 bits per heavy atom. The van der Waals surface area contributed by atoms with E-state index in [2.05, 4.69) is 27.5 Å². The van der Waals surface area contributed by atoms with Crippen LogP contribution in [0.2, 0.25) is 0 Å². The number of carbonyl (C=O) groups is 1. The van der Waals surface area contributed by atoms with Gasteiger partial charge < -0.3 is 10.1 Å². The molecule has 33 heavy (non-hydrogen) atoms. The van der Waals surface area contributed by atoms with Crippen LogP contribution in [0.4, 0.5) is 10.5 Å². The summed E-state index contributed by atoms with van der Waals surface area (Å²) in [6.07, 6.45) is 12.6. The fourth-order valence-corrected chi connectivity index (χ4v) is 4.46. The van der Waals surface area contributed by atoms with E-state index < -0.39 is 6.09 Å². The Kier molecular flexibility index (Phi) is 8.04. The van der Waals surface area contributed by atoms with E-state index in [0.717, 1.165) is 28.3 Å². The SMILES string of the molecule is CC(CC1CCCCC1)NCc1ccccc1NC(=O)Oc1ccc(-c2cccnc2)cn1. The van der Waals surface area contributed by atoms with Gasteiger partial charge in [-0.15, -0.1) is 0 Å². The summed E-state index contributed by atoms with van der Waals surface area (Å²) in [6, 6.07) is 15.6. The van der Waals surface area contributed by atoms with Crippen molar-refractivity contribution in [1.82, 2.24) is 15.3 Å². The summed E-state index contributed by atoms with van der Waals surface area (Å²) in [7, 11) is 0. The van der Waals surface area contributed by atoms with E-state index in [1.165, 1.54) is 38.5 Å². The number of aromatic nitrogens is 2. The van der Waals surface area contributed by atoms with E-state index in [9.17, 15) is 4.79 Å². The second kappa shape index (κ2) is 11.6. The summed E-state index contributed by atoms with van der Waals surface area (Å²) in [6.45, 7) is 2.95. The largest absolute Gasteiger partial charge is 0.418 e. The maximum Gasteiger partial charge on any atom is 0.418 e. The molecule has 4 rings (SSSR count). The highest BCUT2D eigenvalue weighted by molar-refractivity contribution is 5.87. The molecule has 0 bridgehead atoms. The van der Waals surface area contributed by atoms with Gasteiger partial charge in [0, 0.05) is 54.1 Å². The first-order valence-electron chi connectivity index (χ1n) is 11.8. The maximum absolute atomic E-state index is 12.5. The molecule has 3 aromatic rings. The third-order valence-corrected chi connectivity index (χ3v) is 6.24. The van der Waals surface area contributed by atoms with Crippen molar-refractivity contribution >= 4 is 11.8 Å². The highest BCUT2D eigenvalue weighted by Gasteiger charge is 2.17. The third kappa shape index (κ3) is 6.86. The number of benzene rings is 1. The number of rotatable bonds is 8. The van der Waals surface area contributed by atoms with E-state index in [1.807, 2.05) is 42.5 Å². The van der Waals surface area contributed by atoms with Gasteiger partial charge in [0.2, 0.25) is 5.88 Å². The first-order valence-corrected chi connectivity index (χ1v) is 11.8. The van der Waals surface area contributed by atoms with Crippen LogP contribution in [0.25, 0.3) is 11.1 Å². The Hall–Kier alpha value is -3.25. The predicted molar refractivity (Wildman–Crippen MR) is 131 cm³/mol. The topological polar surface area (TPSA) is 76.1 Å². The van der Waals surface area contributed by atoms with Gasteiger partial charge in [0.25, 0.3) is 0 Å². The number of nitrogens with one attached hydrogen (secondary N) is 2. The summed E-state index contributed by atoms with van der Waals surface area (Å²) in [5.41, 5.74) is 3.64. The van der Waals surface area contributed by atoms with Crippen LogP contribution in [0.1, 0.15) is 51.0 Å². The number of carbonyl (C=O) groups excluding carboxylic acids is 1. The van der Waals surface area contributed by atoms with E-state index in [-0.39, 0.29) is 5.88 Å². The minimum atomic E-state index is -0.556. The quantitative estimate of drug-likeness (QED) is 0.432. The molecule has 1 aromatic carbocycles. The molecule has 0 saturated heterocycles. The number of para-hydroxylation sites is 1. The summed E-state index contributed by atoms with van der Waals surface area (Å²) < 4.78 is 5.39. The lowest BCUT2D eigenvalue weighted by atomic mass is 9.85. The van der Waals surface area contributed by atoms with E-state index in [1.54, 1.807) is 24.7 Å². The molecule has 172 valence electrons. The molecule has 6 nitrogen and oxygen atoms in total. The van der Waals surface area contributed by atoms with Gasteiger partial charge in [0.1, 0.15) is 0 Å². The molecular formula is C27H32N4O2. The molecule has 0 aliphatic heterocycles. The number of anilines is 1. The van der Waals surface area contributed by atoms with Crippen molar-refractivity contribution in [3.8, 4) is 17.0 Å². The molecule has 1 saturated carbocycles. The van der Waals surface area contributed by atoms with Gasteiger partial charge in [0.05, 0.1) is 0 Å². The van der Waals surface area contributed by atoms with Gasteiger partial charge in [-0.05, 0) is 43.0 Å². The lowest BCUT2D eigenvalue weighted by Crippen LogP contribution is -2.29. The molecule has 1 amide bonds. The third-order valence-electron chi connectivity index (χ3n) is 6.24. The lowest BCUT2D eigenvalue weighted by molar-refractivity contribution is 0.213. The van der Waals surface area contributed by atoms with Gasteiger partial charge in [-0.25, -0.2) is 9.78 Å². The average Bonchev–Trinajstić information content (AvgIpc) is 2.85. The van der Waals surface area contributed by atoms with Gasteiger partial charge in [-0.2, -0.15) is 0 Å². The van der Waals surface area contributed by atoms with Crippen molar-refractivity contribution in [1.29, 1.82) is 0 Å². The average molecular weight is 445 g/mol. The molecular weight excluding hydrogens is 412 g/mol. The molecule has 1 aliphatic carbocycles. The fraction of sp³-hybridized carbons (Fsp3) is 0.370. The first kappa shape index (κ1) is 22.9. The molecule has 1 unspecified atom stereocenters. The van der Waals surface area contributed by atoms with Crippen LogP contribution >= 0.6 is 0 Å². The highest BCUT2D eigenvalue weighted by atomic mass is 16.6. The summed E-state index contributed by atoms with van der Waals surface area (Å²) in [5.74, 6) is 1.08. The molecule has 0 radical (unpaired) electrons. The zero-order valence-electron chi connectivity index (χ0n) is 19.2. The number of hydrogen-bond acceptors (Lipinski definition) is 5. The number of amides is 1.